The fourth-order valence-electron chi connectivity index (χ4n) is 3.66. The second-order valence-electron chi connectivity index (χ2n) is 5.17. The van der Waals surface area contributed by atoms with Gasteiger partial charge in [-0.1, -0.05) is 0 Å². The average molecular weight is 221 g/mol. The molecule has 2 aliphatic rings. The molecule has 4 atom stereocenters. The van der Waals surface area contributed by atoms with E-state index >= 15 is 0 Å². The van der Waals surface area contributed by atoms with Crippen LogP contribution in [0.5, 0.6) is 0 Å². The molecule has 0 spiro atoms. The molecule has 2 saturated heterocycles. The van der Waals surface area contributed by atoms with Crippen LogP contribution in [-0.4, -0.2) is 35.7 Å². The third-order valence-corrected chi connectivity index (χ3v) is 4.55. The summed E-state index contributed by atoms with van der Waals surface area (Å²) in [4.78, 5) is 2.46. The molecule has 88 valence electrons. The van der Waals surface area contributed by atoms with Crippen molar-refractivity contribution in [3.63, 3.8) is 0 Å². The molecule has 3 nitrogen and oxygen atoms in total. The molecule has 1 aromatic rings. The topological polar surface area (TPSA) is 36.6 Å². The minimum absolute atomic E-state index is 0.271. The molecule has 0 radical (unpaired) electrons. The minimum atomic E-state index is 0.271. The van der Waals surface area contributed by atoms with E-state index in [1.807, 2.05) is 6.07 Å². The molecule has 2 aliphatic heterocycles. The highest BCUT2D eigenvalue weighted by Crippen LogP contribution is 2.45. The smallest absolute Gasteiger partial charge is 0.107 e. The lowest BCUT2D eigenvalue weighted by Crippen LogP contribution is -2.46. The molecule has 1 aromatic heterocycles. The Labute approximate surface area is 96.1 Å². The molecule has 3 heteroatoms. The van der Waals surface area contributed by atoms with E-state index < -0.39 is 0 Å². The molecule has 0 aliphatic carbocycles. The summed E-state index contributed by atoms with van der Waals surface area (Å²) in [5.41, 5.74) is 0. The molecule has 0 amide bonds. The number of fused-ring (bicyclic) bond motifs is 2. The number of aliphatic hydroxyl groups is 1. The standard InChI is InChI=1S/C13H19NO2/c1-14-9-4-5-12(14)11(8-15)10(7-9)13-3-2-6-16-13/h2-3,6,9-12,15H,4-5,7-8H2,1H3. The van der Waals surface area contributed by atoms with Gasteiger partial charge in [0.2, 0.25) is 0 Å². The molecular weight excluding hydrogens is 202 g/mol. The number of piperidine rings is 1. The molecule has 2 bridgehead atoms. The Morgan fingerprint density at radius 3 is 3.06 bits per heavy atom. The Bertz CT molecular complexity index is 349. The summed E-state index contributed by atoms with van der Waals surface area (Å²) in [5, 5.41) is 9.63. The summed E-state index contributed by atoms with van der Waals surface area (Å²) in [6.07, 6.45) is 5.37. The van der Waals surface area contributed by atoms with Crippen molar-refractivity contribution in [3.05, 3.63) is 24.2 Å². The maximum Gasteiger partial charge on any atom is 0.107 e. The van der Waals surface area contributed by atoms with Crippen molar-refractivity contribution >= 4 is 0 Å². The fraction of sp³-hybridized carbons (Fsp3) is 0.692. The van der Waals surface area contributed by atoms with E-state index in [1.54, 1.807) is 6.26 Å². The van der Waals surface area contributed by atoms with Crippen molar-refractivity contribution in [1.29, 1.82) is 0 Å². The van der Waals surface area contributed by atoms with E-state index in [2.05, 4.69) is 18.0 Å². The second-order valence-corrected chi connectivity index (χ2v) is 5.17. The van der Waals surface area contributed by atoms with E-state index in [9.17, 15) is 5.11 Å². The van der Waals surface area contributed by atoms with E-state index in [-0.39, 0.29) is 6.61 Å². The molecule has 0 saturated carbocycles. The number of furan rings is 1. The zero-order valence-corrected chi connectivity index (χ0v) is 9.67. The van der Waals surface area contributed by atoms with Crippen LogP contribution < -0.4 is 0 Å². The van der Waals surface area contributed by atoms with Crippen molar-refractivity contribution in [1.82, 2.24) is 4.90 Å². The molecule has 0 aromatic carbocycles. The number of rotatable bonds is 2. The number of aliphatic hydroxyl groups excluding tert-OH is 1. The average Bonchev–Trinajstić information content (AvgIpc) is 2.87. The first-order chi connectivity index (χ1) is 7.81. The lowest BCUT2D eigenvalue weighted by Gasteiger charge is -2.41. The van der Waals surface area contributed by atoms with Crippen LogP contribution in [0.1, 0.15) is 30.9 Å². The van der Waals surface area contributed by atoms with E-state index in [0.29, 0.717) is 23.9 Å². The van der Waals surface area contributed by atoms with Crippen molar-refractivity contribution in [3.8, 4) is 0 Å². The summed E-state index contributed by atoms with van der Waals surface area (Å²) in [5.74, 6) is 1.81. The predicted octanol–water partition coefficient (Wildman–Crippen LogP) is 1.84. The van der Waals surface area contributed by atoms with Gasteiger partial charge in [0.1, 0.15) is 5.76 Å². The van der Waals surface area contributed by atoms with Gasteiger partial charge >= 0.3 is 0 Å². The maximum absolute atomic E-state index is 9.63. The van der Waals surface area contributed by atoms with Gasteiger partial charge in [-0.15, -0.1) is 0 Å². The van der Waals surface area contributed by atoms with Crippen LogP contribution in [0.2, 0.25) is 0 Å². The van der Waals surface area contributed by atoms with Gasteiger partial charge in [-0.3, -0.25) is 0 Å². The largest absolute Gasteiger partial charge is 0.469 e. The number of nitrogens with zero attached hydrogens (tertiary/aromatic N) is 1. The van der Waals surface area contributed by atoms with Gasteiger partial charge < -0.3 is 14.4 Å². The summed E-state index contributed by atoms with van der Waals surface area (Å²) in [6.45, 7) is 0.271. The van der Waals surface area contributed by atoms with Gasteiger partial charge in [0.05, 0.1) is 6.26 Å². The fourth-order valence-corrected chi connectivity index (χ4v) is 3.66. The lowest BCUT2D eigenvalue weighted by molar-refractivity contribution is 0.0525. The van der Waals surface area contributed by atoms with Gasteiger partial charge in [-0.25, -0.2) is 0 Å². The summed E-state index contributed by atoms with van der Waals surface area (Å²) < 4.78 is 5.54. The Kier molecular flexibility index (Phi) is 2.52. The van der Waals surface area contributed by atoms with Crippen LogP contribution in [0.15, 0.2) is 22.8 Å². The van der Waals surface area contributed by atoms with Crippen LogP contribution in [-0.2, 0) is 0 Å². The molecular formula is C13H19NO2. The van der Waals surface area contributed by atoms with Crippen LogP contribution >= 0.6 is 0 Å². The van der Waals surface area contributed by atoms with Gasteiger partial charge in [-0.05, 0) is 38.4 Å². The van der Waals surface area contributed by atoms with Crippen molar-refractivity contribution in [2.24, 2.45) is 5.92 Å². The zero-order valence-electron chi connectivity index (χ0n) is 9.67. The first kappa shape index (κ1) is 10.4. The van der Waals surface area contributed by atoms with Gasteiger partial charge in [0.25, 0.3) is 0 Å². The highest BCUT2D eigenvalue weighted by atomic mass is 16.3. The summed E-state index contributed by atoms with van der Waals surface area (Å²) >= 11 is 0. The van der Waals surface area contributed by atoms with Crippen molar-refractivity contribution < 1.29 is 9.52 Å². The minimum Gasteiger partial charge on any atom is -0.469 e. The first-order valence-corrected chi connectivity index (χ1v) is 6.17. The van der Waals surface area contributed by atoms with Crippen LogP contribution in [0.25, 0.3) is 0 Å². The summed E-state index contributed by atoms with van der Waals surface area (Å²) in [7, 11) is 2.20. The molecule has 4 unspecified atom stereocenters. The monoisotopic (exact) mass is 221 g/mol. The molecule has 1 N–H and O–H groups in total. The van der Waals surface area contributed by atoms with Crippen molar-refractivity contribution in [2.75, 3.05) is 13.7 Å². The maximum atomic E-state index is 9.63. The predicted molar refractivity (Wildman–Crippen MR) is 61.2 cm³/mol. The quantitative estimate of drug-likeness (QED) is 0.828. The first-order valence-electron chi connectivity index (χ1n) is 6.17. The zero-order chi connectivity index (χ0) is 11.1. The summed E-state index contributed by atoms with van der Waals surface area (Å²) in [6, 6.07) is 5.23. The Morgan fingerprint density at radius 1 is 1.50 bits per heavy atom. The second kappa shape index (κ2) is 3.90. The highest BCUT2D eigenvalue weighted by molar-refractivity contribution is 5.13. The van der Waals surface area contributed by atoms with E-state index in [1.165, 1.54) is 12.8 Å². The molecule has 16 heavy (non-hydrogen) atoms. The van der Waals surface area contributed by atoms with E-state index in [0.717, 1.165) is 12.2 Å². The van der Waals surface area contributed by atoms with E-state index in [4.69, 9.17) is 4.42 Å². The third kappa shape index (κ3) is 1.42. The van der Waals surface area contributed by atoms with Crippen LogP contribution in [0.4, 0.5) is 0 Å². The lowest BCUT2D eigenvalue weighted by atomic mass is 9.79. The van der Waals surface area contributed by atoms with Crippen LogP contribution in [0, 0.1) is 5.92 Å². The number of hydrogen-bond donors (Lipinski definition) is 1. The Morgan fingerprint density at radius 2 is 2.38 bits per heavy atom. The normalized spacial score (nSPS) is 39.1. The van der Waals surface area contributed by atoms with Gasteiger partial charge in [-0.2, -0.15) is 0 Å². The van der Waals surface area contributed by atoms with Crippen LogP contribution in [0.3, 0.4) is 0 Å². The van der Waals surface area contributed by atoms with Crippen molar-refractivity contribution in [2.45, 2.75) is 37.3 Å². The number of hydrogen-bond acceptors (Lipinski definition) is 3. The molecule has 2 fully saturated rings. The molecule has 3 heterocycles. The van der Waals surface area contributed by atoms with Gasteiger partial charge in [0, 0.05) is 30.5 Å². The Balaban J connectivity index is 1.90. The Hall–Kier alpha value is -0.800. The third-order valence-electron chi connectivity index (χ3n) is 4.55. The highest BCUT2D eigenvalue weighted by Gasteiger charge is 2.46. The molecule has 3 rings (SSSR count). The SMILES string of the molecule is CN1C2CCC1C(CO)C(c1ccco1)C2. The van der Waals surface area contributed by atoms with Gasteiger partial charge in [0.15, 0.2) is 0 Å².